The third-order valence-electron chi connectivity index (χ3n) is 9.75. The maximum absolute atomic E-state index is 9.43. The normalized spacial score (nSPS) is 11.7. The predicted octanol–water partition coefficient (Wildman–Crippen LogP) is 11.1. The number of nitriles is 1. The van der Waals surface area contributed by atoms with E-state index in [0.717, 1.165) is 55.2 Å². The zero-order chi connectivity index (χ0) is 31.8. The minimum absolute atomic E-state index is 0.649. The highest BCUT2D eigenvalue weighted by atomic mass is 15.0. The molecule has 4 heteroatoms. The van der Waals surface area contributed by atoms with Crippen molar-refractivity contribution in [2.45, 2.75) is 0 Å². The van der Waals surface area contributed by atoms with Gasteiger partial charge in [-0.2, -0.15) is 5.26 Å². The Hall–Kier alpha value is -6.70. The zero-order valence-electron chi connectivity index (χ0n) is 25.8. The number of hydrogen-bond donors (Lipinski definition) is 0. The second kappa shape index (κ2) is 10.2. The minimum atomic E-state index is 0.649. The second-order valence-corrected chi connectivity index (χ2v) is 12.3. The van der Waals surface area contributed by atoms with Crippen LogP contribution in [0.25, 0.3) is 87.8 Å². The topological polar surface area (TPSA) is 46.5 Å². The van der Waals surface area contributed by atoms with Crippen LogP contribution in [0.2, 0.25) is 0 Å². The summed E-state index contributed by atoms with van der Waals surface area (Å²) in [7, 11) is 0. The Morgan fingerprint density at radius 1 is 0.458 bits per heavy atom. The first-order valence-corrected chi connectivity index (χ1v) is 16.1. The quantitative estimate of drug-likeness (QED) is 0.187. The van der Waals surface area contributed by atoms with Crippen LogP contribution in [-0.2, 0) is 0 Å². The largest absolute Gasteiger partial charge is 0.309 e. The van der Waals surface area contributed by atoms with Crippen LogP contribution in [0.15, 0.2) is 158 Å². The van der Waals surface area contributed by atoms with Gasteiger partial charge in [0.05, 0.1) is 39.2 Å². The molecule has 0 aliphatic rings. The molecule has 222 valence electrons. The van der Waals surface area contributed by atoms with Crippen molar-refractivity contribution in [3.05, 3.63) is 163 Å². The van der Waals surface area contributed by atoms with Gasteiger partial charge in [0.15, 0.2) is 0 Å². The third kappa shape index (κ3) is 3.79. The lowest BCUT2D eigenvalue weighted by molar-refractivity contribution is 1.18. The Kier molecular flexibility index (Phi) is 5.61. The summed E-state index contributed by atoms with van der Waals surface area (Å²) < 4.78 is 4.67. The number of nitrogens with zero attached hydrogens (tertiary/aromatic N) is 4. The summed E-state index contributed by atoms with van der Waals surface area (Å²) in [6.07, 6.45) is 1.90. The SMILES string of the molecule is N#Cc1ccc(-n2c3ccccc3c3cc4c(cc(-c5ccc6c7ccccc7n(-c7ccccc7)c6c5)c5cccnc54)cc32)cc1. The van der Waals surface area contributed by atoms with Gasteiger partial charge in [-0.15, -0.1) is 0 Å². The number of fused-ring (bicyclic) bond motifs is 9. The van der Waals surface area contributed by atoms with Gasteiger partial charge in [0.25, 0.3) is 0 Å². The zero-order valence-corrected chi connectivity index (χ0v) is 25.8. The maximum atomic E-state index is 9.43. The Morgan fingerprint density at radius 3 is 1.83 bits per heavy atom. The smallest absolute Gasteiger partial charge is 0.0991 e. The summed E-state index contributed by atoms with van der Waals surface area (Å²) in [6, 6.07) is 55.9. The fourth-order valence-electron chi connectivity index (χ4n) is 7.62. The van der Waals surface area contributed by atoms with Crippen LogP contribution in [-0.4, -0.2) is 14.1 Å². The predicted molar refractivity (Wildman–Crippen MR) is 198 cm³/mol. The molecule has 0 fully saturated rings. The number of hydrogen-bond acceptors (Lipinski definition) is 2. The first-order chi connectivity index (χ1) is 23.8. The molecule has 0 radical (unpaired) electrons. The standard InChI is InChI=1S/C44H26N4/c45-27-28-16-19-32(20-17-28)48-41-15-7-5-12-34(41)39-26-38-30(25-43(39)48)23-37(36-13-8-22-46-44(36)38)29-18-21-35-33-11-4-6-14-40(33)47(42(35)24-29)31-9-2-1-3-10-31/h1-26H. The fourth-order valence-corrected chi connectivity index (χ4v) is 7.62. The molecular weight excluding hydrogens is 585 g/mol. The number of aromatic nitrogens is 3. The van der Waals surface area contributed by atoms with Crippen molar-refractivity contribution in [3.63, 3.8) is 0 Å². The van der Waals surface area contributed by atoms with Crippen molar-refractivity contribution in [2.75, 3.05) is 0 Å². The molecule has 3 heterocycles. The molecule has 0 unspecified atom stereocenters. The maximum Gasteiger partial charge on any atom is 0.0991 e. The monoisotopic (exact) mass is 610 g/mol. The lowest BCUT2D eigenvalue weighted by Gasteiger charge is -2.13. The van der Waals surface area contributed by atoms with Gasteiger partial charge in [-0.05, 0) is 95.4 Å². The van der Waals surface area contributed by atoms with Gasteiger partial charge in [-0.25, -0.2) is 0 Å². The molecule has 10 aromatic rings. The molecule has 48 heavy (non-hydrogen) atoms. The average Bonchev–Trinajstić information content (AvgIpc) is 3.66. The molecule has 4 nitrogen and oxygen atoms in total. The van der Waals surface area contributed by atoms with Crippen LogP contribution >= 0.6 is 0 Å². The second-order valence-electron chi connectivity index (χ2n) is 12.3. The molecule has 7 aromatic carbocycles. The van der Waals surface area contributed by atoms with E-state index in [4.69, 9.17) is 4.98 Å². The number of rotatable bonds is 3. The van der Waals surface area contributed by atoms with Crippen molar-refractivity contribution in [1.29, 1.82) is 5.26 Å². The van der Waals surface area contributed by atoms with Gasteiger partial charge in [-0.3, -0.25) is 4.98 Å². The molecule has 10 rings (SSSR count). The third-order valence-corrected chi connectivity index (χ3v) is 9.75. The van der Waals surface area contributed by atoms with E-state index in [9.17, 15) is 5.26 Å². The Bertz CT molecular complexity index is 2940. The van der Waals surface area contributed by atoms with Crippen LogP contribution in [0.5, 0.6) is 0 Å². The highest BCUT2D eigenvalue weighted by molar-refractivity contribution is 6.20. The summed E-state index contributed by atoms with van der Waals surface area (Å²) in [5.41, 5.74) is 10.7. The molecule has 0 bridgehead atoms. The molecule has 0 aliphatic carbocycles. The summed E-state index contributed by atoms with van der Waals surface area (Å²) in [5.74, 6) is 0. The van der Waals surface area contributed by atoms with E-state index in [1.165, 1.54) is 32.6 Å². The number of pyridine rings is 1. The first kappa shape index (κ1) is 26.5. The van der Waals surface area contributed by atoms with Gasteiger partial charge in [0.1, 0.15) is 0 Å². The highest BCUT2D eigenvalue weighted by Crippen LogP contribution is 2.41. The highest BCUT2D eigenvalue weighted by Gasteiger charge is 2.18. The Morgan fingerprint density at radius 2 is 1.08 bits per heavy atom. The number of para-hydroxylation sites is 3. The van der Waals surface area contributed by atoms with Crippen LogP contribution in [0.1, 0.15) is 5.56 Å². The molecule has 3 aromatic heterocycles. The lowest BCUT2D eigenvalue weighted by Crippen LogP contribution is -1.94. The van der Waals surface area contributed by atoms with E-state index in [1.807, 2.05) is 36.5 Å². The molecule has 0 atom stereocenters. The molecule has 0 aliphatic heterocycles. The van der Waals surface area contributed by atoms with E-state index in [1.54, 1.807) is 0 Å². The molecule has 0 spiro atoms. The van der Waals surface area contributed by atoms with Gasteiger partial charge < -0.3 is 9.13 Å². The van der Waals surface area contributed by atoms with Crippen molar-refractivity contribution >= 4 is 65.3 Å². The summed E-state index contributed by atoms with van der Waals surface area (Å²) >= 11 is 0. The summed E-state index contributed by atoms with van der Waals surface area (Å²) in [5, 5.41) is 17.7. The molecule has 0 amide bonds. The first-order valence-electron chi connectivity index (χ1n) is 16.1. The number of benzene rings is 7. The lowest BCUT2D eigenvalue weighted by atomic mass is 9.94. The van der Waals surface area contributed by atoms with Gasteiger partial charge >= 0.3 is 0 Å². The van der Waals surface area contributed by atoms with E-state index in [0.29, 0.717) is 5.56 Å². The van der Waals surface area contributed by atoms with E-state index in [2.05, 4.69) is 137 Å². The molecule has 0 saturated carbocycles. The Labute approximate surface area is 276 Å². The van der Waals surface area contributed by atoms with Gasteiger partial charge in [0, 0.05) is 49.9 Å². The van der Waals surface area contributed by atoms with Crippen molar-refractivity contribution in [3.8, 4) is 28.6 Å². The van der Waals surface area contributed by atoms with E-state index < -0.39 is 0 Å². The van der Waals surface area contributed by atoms with Crippen LogP contribution < -0.4 is 0 Å². The van der Waals surface area contributed by atoms with Crippen molar-refractivity contribution < 1.29 is 0 Å². The van der Waals surface area contributed by atoms with Crippen LogP contribution in [0.4, 0.5) is 0 Å². The fraction of sp³-hybridized carbons (Fsp3) is 0. The van der Waals surface area contributed by atoms with Gasteiger partial charge in [0.2, 0.25) is 0 Å². The minimum Gasteiger partial charge on any atom is -0.309 e. The molecular formula is C44H26N4. The summed E-state index contributed by atoms with van der Waals surface area (Å²) in [4.78, 5) is 4.99. The van der Waals surface area contributed by atoms with Gasteiger partial charge in [-0.1, -0.05) is 72.8 Å². The van der Waals surface area contributed by atoms with E-state index in [-0.39, 0.29) is 0 Å². The van der Waals surface area contributed by atoms with E-state index >= 15 is 0 Å². The van der Waals surface area contributed by atoms with Crippen molar-refractivity contribution in [1.82, 2.24) is 14.1 Å². The average molecular weight is 611 g/mol. The van der Waals surface area contributed by atoms with Crippen LogP contribution in [0, 0.1) is 11.3 Å². The van der Waals surface area contributed by atoms with Crippen LogP contribution in [0.3, 0.4) is 0 Å². The Balaban J connectivity index is 1.28. The van der Waals surface area contributed by atoms with Crippen molar-refractivity contribution in [2.24, 2.45) is 0 Å². The molecule has 0 saturated heterocycles. The summed E-state index contributed by atoms with van der Waals surface area (Å²) in [6.45, 7) is 0. The molecule has 0 N–H and O–H groups in total.